The molecule has 0 aliphatic carbocycles. The van der Waals surface area contributed by atoms with Gasteiger partial charge in [0.05, 0.1) is 16.7 Å². The highest BCUT2D eigenvalue weighted by molar-refractivity contribution is 6.37. The Balaban J connectivity index is 2.31. The summed E-state index contributed by atoms with van der Waals surface area (Å²) in [5.41, 5.74) is 3.18. The Kier molecular flexibility index (Phi) is 5.33. The number of ether oxygens (including phenoxy) is 1. The molecular weight excluding hydrogens is 321 g/mol. The lowest BCUT2D eigenvalue weighted by Crippen LogP contribution is -2.14. The van der Waals surface area contributed by atoms with Gasteiger partial charge in [0.2, 0.25) is 0 Å². The maximum absolute atomic E-state index is 12.4. The average Bonchev–Trinajstić information content (AvgIpc) is 2.46. The van der Waals surface area contributed by atoms with Crippen LogP contribution in [0.15, 0.2) is 30.3 Å². The van der Waals surface area contributed by atoms with Gasteiger partial charge in [-0.25, -0.2) is 0 Å². The number of amides is 1. The molecule has 5 heteroatoms. The predicted octanol–water partition coefficient (Wildman–Crippen LogP) is 5.26. The number of halogens is 2. The quantitative estimate of drug-likeness (QED) is 0.826. The topological polar surface area (TPSA) is 38.3 Å². The second-order valence-corrected chi connectivity index (χ2v) is 5.74. The lowest BCUT2D eigenvalue weighted by atomic mass is 10.1. The van der Waals surface area contributed by atoms with Crippen LogP contribution in [0.2, 0.25) is 10.0 Å². The fraction of sp³-hybridized carbons (Fsp3) is 0.235. The van der Waals surface area contributed by atoms with E-state index >= 15 is 0 Å². The van der Waals surface area contributed by atoms with Crippen LogP contribution in [0.1, 0.15) is 28.4 Å². The minimum Gasteiger partial charge on any atom is -0.491 e. The first kappa shape index (κ1) is 16.7. The Morgan fingerprint density at radius 1 is 1.14 bits per heavy atom. The highest BCUT2D eigenvalue weighted by Crippen LogP contribution is 2.34. The summed E-state index contributed by atoms with van der Waals surface area (Å²) in [6.07, 6.45) is 0. The van der Waals surface area contributed by atoms with Gasteiger partial charge in [0.15, 0.2) is 5.75 Å². The Morgan fingerprint density at radius 2 is 1.68 bits per heavy atom. The molecular formula is C17H17Cl2NO2. The van der Waals surface area contributed by atoms with Crippen molar-refractivity contribution in [2.75, 3.05) is 11.9 Å². The van der Waals surface area contributed by atoms with Gasteiger partial charge in [0.25, 0.3) is 5.91 Å². The first-order chi connectivity index (χ1) is 10.4. The standard InChI is InChI=1S/C17H17Cl2NO2/c1-4-22-16-13(18)8-12(9-14(16)19)17(21)20-15-10(2)6-5-7-11(15)3/h5-9H,4H2,1-3H3,(H,20,21). The molecule has 0 radical (unpaired) electrons. The van der Waals surface area contributed by atoms with Gasteiger partial charge in [-0.1, -0.05) is 41.4 Å². The molecule has 0 aromatic heterocycles. The summed E-state index contributed by atoms with van der Waals surface area (Å²) >= 11 is 12.3. The van der Waals surface area contributed by atoms with Gasteiger partial charge in [0.1, 0.15) is 0 Å². The molecule has 0 saturated heterocycles. The lowest BCUT2D eigenvalue weighted by Gasteiger charge is -2.13. The van der Waals surface area contributed by atoms with E-state index in [2.05, 4.69) is 5.32 Å². The number of hydrogen-bond donors (Lipinski definition) is 1. The highest BCUT2D eigenvalue weighted by atomic mass is 35.5. The molecule has 2 aromatic rings. The molecule has 1 N–H and O–H groups in total. The van der Waals surface area contributed by atoms with Crippen LogP contribution in [0.4, 0.5) is 5.69 Å². The van der Waals surface area contributed by atoms with E-state index in [1.54, 1.807) is 12.1 Å². The van der Waals surface area contributed by atoms with Crippen LogP contribution in [-0.2, 0) is 0 Å². The maximum atomic E-state index is 12.4. The minimum absolute atomic E-state index is 0.260. The number of benzene rings is 2. The Labute approximate surface area is 140 Å². The summed E-state index contributed by atoms with van der Waals surface area (Å²) in [6, 6.07) is 8.95. The molecule has 2 rings (SSSR count). The molecule has 116 valence electrons. The number of aryl methyl sites for hydroxylation is 2. The normalized spacial score (nSPS) is 10.4. The molecule has 0 fully saturated rings. The molecule has 0 aliphatic rings. The Bertz CT molecular complexity index is 671. The van der Waals surface area contributed by atoms with E-state index in [1.807, 2.05) is 39.0 Å². The van der Waals surface area contributed by atoms with E-state index in [4.69, 9.17) is 27.9 Å². The SMILES string of the molecule is CCOc1c(Cl)cc(C(=O)Nc2c(C)cccc2C)cc1Cl. The van der Waals surface area contributed by atoms with E-state index in [-0.39, 0.29) is 5.91 Å². The molecule has 2 aromatic carbocycles. The molecule has 0 atom stereocenters. The van der Waals surface area contributed by atoms with Crippen LogP contribution < -0.4 is 10.1 Å². The Morgan fingerprint density at radius 3 is 2.18 bits per heavy atom. The molecule has 3 nitrogen and oxygen atoms in total. The number of hydrogen-bond acceptors (Lipinski definition) is 2. The van der Waals surface area contributed by atoms with E-state index in [0.29, 0.717) is 28.0 Å². The molecule has 0 spiro atoms. The second kappa shape index (κ2) is 7.03. The summed E-state index contributed by atoms with van der Waals surface area (Å²) in [6.45, 7) is 6.18. The highest BCUT2D eigenvalue weighted by Gasteiger charge is 2.15. The zero-order valence-corrected chi connectivity index (χ0v) is 14.2. The average molecular weight is 338 g/mol. The summed E-state index contributed by atoms with van der Waals surface area (Å²) in [4.78, 5) is 12.4. The molecule has 0 bridgehead atoms. The fourth-order valence-electron chi connectivity index (χ4n) is 2.17. The molecule has 0 heterocycles. The van der Waals surface area contributed by atoms with E-state index in [9.17, 15) is 4.79 Å². The number of carbonyl (C=O) groups is 1. The van der Waals surface area contributed by atoms with Crippen molar-refractivity contribution in [2.45, 2.75) is 20.8 Å². The minimum atomic E-state index is -0.260. The first-order valence-electron chi connectivity index (χ1n) is 6.93. The van der Waals surface area contributed by atoms with Crippen LogP contribution in [0.5, 0.6) is 5.75 Å². The van der Waals surface area contributed by atoms with Gasteiger partial charge < -0.3 is 10.1 Å². The van der Waals surface area contributed by atoms with E-state index in [1.165, 1.54) is 0 Å². The van der Waals surface area contributed by atoms with E-state index in [0.717, 1.165) is 16.8 Å². The van der Waals surface area contributed by atoms with Gasteiger partial charge in [-0.15, -0.1) is 0 Å². The molecule has 0 saturated carbocycles. The third kappa shape index (κ3) is 3.54. The van der Waals surface area contributed by atoms with Crippen molar-refractivity contribution >= 4 is 34.8 Å². The van der Waals surface area contributed by atoms with Crippen molar-refractivity contribution in [3.05, 3.63) is 57.1 Å². The fourth-order valence-corrected chi connectivity index (χ4v) is 2.77. The monoisotopic (exact) mass is 337 g/mol. The largest absolute Gasteiger partial charge is 0.491 e. The van der Waals surface area contributed by atoms with Gasteiger partial charge in [-0.3, -0.25) is 4.79 Å². The second-order valence-electron chi connectivity index (χ2n) is 4.92. The lowest BCUT2D eigenvalue weighted by molar-refractivity contribution is 0.102. The van der Waals surface area contributed by atoms with Gasteiger partial charge in [-0.05, 0) is 44.0 Å². The zero-order valence-electron chi connectivity index (χ0n) is 12.7. The van der Waals surface area contributed by atoms with Crippen molar-refractivity contribution in [1.82, 2.24) is 0 Å². The summed E-state index contributed by atoms with van der Waals surface area (Å²) in [5, 5.41) is 3.54. The predicted molar refractivity (Wildman–Crippen MR) is 91.5 cm³/mol. The maximum Gasteiger partial charge on any atom is 0.255 e. The van der Waals surface area contributed by atoms with Crippen LogP contribution >= 0.6 is 23.2 Å². The van der Waals surface area contributed by atoms with Crippen LogP contribution in [-0.4, -0.2) is 12.5 Å². The molecule has 1 amide bonds. The van der Waals surface area contributed by atoms with Gasteiger partial charge in [0, 0.05) is 11.3 Å². The zero-order chi connectivity index (χ0) is 16.3. The number of nitrogens with one attached hydrogen (secondary N) is 1. The number of para-hydroxylation sites is 1. The van der Waals surface area contributed by atoms with Gasteiger partial charge >= 0.3 is 0 Å². The van der Waals surface area contributed by atoms with Gasteiger partial charge in [-0.2, -0.15) is 0 Å². The third-order valence-electron chi connectivity index (χ3n) is 3.27. The molecule has 0 aliphatic heterocycles. The summed E-state index contributed by atoms with van der Waals surface area (Å²) in [7, 11) is 0. The van der Waals surface area contributed by atoms with Crippen molar-refractivity contribution in [3.63, 3.8) is 0 Å². The van der Waals surface area contributed by atoms with Crippen LogP contribution in [0, 0.1) is 13.8 Å². The van der Waals surface area contributed by atoms with Crippen molar-refractivity contribution in [2.24, 2.45) is 0 Å². The van der Waals surface area contributed by atoms with Crippen LogP contribution in [0.25, 0.3) is 0 Å². The summed E-state index contributed by atoms with van der Waals surface area (Å²) < 4.78 is 5.36. The number of anilines is 1. The number of rotatable bonds is 4. The smallest absolute Gasteiger partial charge is 0.255 e. The van der Waals surface area contributed by atoms with Crippen molar-refractivity contribution < 1.29 is 9.53 Å². The molecule has 0 unspecified atom stereocenters. The Hall–Kier alpha value is -1.71. The van der Waals surface area contributed by atoms with Crippen LogP contribution in [0.3, 0.4) is 0 Å². The summed E-state index contributed by atoms with van der Waals surface area (Å²) in [5.74, 6) is 0.138. The number of carbonyl (C=O) groups excluding carboxylic acids is 1. The first-order valence-corrected chi connectivity index (χ1v) is 7.69. The van der Waals surface area contributed by atoms with Crippen molar-refractivity contribution in [1.29, 1.82) is 0 Å². The van der Waals surface area contributed by atoms with E-state index < -0.39 is 0 Å². The molecule has 22 heavy (non-hydrogen) atoms. The van der Waals surface area contributed by atoms with Crippen molar-refractivity contribution in [3.8, 4) is 5.75 Å². The third-order valence-corrected chi connectivity index (χ3v) is 3.83.